The third-order valence-corrected chi connectivity index (χ3v) is 4.76. The molecule has 6 heteroatoms. The van der Waals surface area contributed by atoms with Gasteiger partial charge >= 0.3 is 0 Å². The monoisotopic (exact) mass is 318 g/mol. The van der Waals surface area contributed by atoms with Crippen molar-refractivity contribution in [2.75, 3.05) is 32.9 Å². The van der Waals surface area contributed by atoms with E-state index in [0.717, 1.165) is 42.7 Å². The van der Waals surface area contributed by atoms with Gasteiger partial charge in [0.05, 0.1) is 6.61 Å². The van der Waals surface area contributed by atoms with Crippen molar-refractivity contribution in [3.05, 3.63) is 40.3 Å². The molecule has 1 atom stereocenters. The molecule has 1 fully saturated rings. The van der Waals surface area contributed by atoms with Crippen LogP contribution in [0.5, 0.6) is 11.5 Å². The second-order valence-corrected chi connectivity index (χ2v) is 6.37. The van der Waals surface area contributed by atoms with Gasteiger partial charge in [0, 0.05) is 31.2 Å². The van der Waals surface area contributed by atoms with Crippen molar-refractivity contribution >= 4 is 11.3 Å². The van der Waals surface area contributed by atoms with E-state index in [4.69, 9.17) is 14.2 Å². The van der Waals surface area contributed by atoms with E-state index in [1.54, 1.807) is 11.3 Å². The largest absolute Gasteiger partial charge is 0.486 e. The molecule has 2 aliphatic rings. The van der Waals surface area contributed by atoms with Crippen LogP contribution in [0.25, 0.3) is 0 Å². The molecule has 0 N–H and O–H groups in total. The maximum atomic E-state index is 5.84. The summed E-state index contributed by atoms with van der Waals surface area (Å²) in [6.07, 6.45) is 1.93. The Labute approximate surface area is 133 Å². The minimum absolute atomic E-state index is 0.0889. The van der Waals surface area contributed by atoms with Crippen LogP contribution in [-0.2, 0) is 11.3 Å². The van der Waals surface area contributed by atoms with Gasteiger partial charge in [0.2, 0.25) is 0 Å². The number of fused-ring (bicyclic) bond motifs is 1. The van der Waals surface area contributed by atoms with Crippen LogP contribution in [0.3, 0.4) is 0 Å². The average Bonchev–Trinajstić information content (AvgIpc) is 3.10. The van der Waals surface area contributed by atoms with E-state index in [2.05, 4.69) is 22.0 Å². The molecular weight excluding hydrogens is 300 g/mol. The number of benzene rings is 1. The molecule has 116 valence electrons. The maximum absolute atomic E-state index is 5.84. The summed E-state index contributed by atoms with van der Waals surface area (Å²) in [5.41, 5.74) is 1.24. The zero-order chi connectivity index (χ0) is 14.8. The molecular formula is C16H18N2O3S. The fourth-order valence-electron chi connectivity index (χ4n) is 2.83. The van der Waals surface area contributed by atoms with Crippen molar-refractivity contribution in [1.82, 2.24) is 9.88 Å². The number of ether oxygens (including phenoxy) is 3. The van der Waals surface area contributed by atoms with Crippen LogP contribution in [0, 0.1) is 0 Å². The Morgan fingerprint density at radius 1 is 1.18 bits per heavy atom. The fraction of sp³-hybridized carbons (Fsp3) is 0.438. The predicted molar refractivity (Wildman–Crippen MR) is 83.5 cm³/mol. The Hall–Kier alpha value is -1.63. The third kappa shape index (κ3) is 2.95. The highest BCUT2D eigenvalue weighted by Gasteiger charge is 2.24. The van der Waals surface area contributed by atoms with E-state index in [9.17, 15) is 0 Å². The first-order chi connectivity index (χ1) is 10.9. The van der Waals surface area contributed by atoms with Crippen molar-refractivity contribution < 1.29 is 14.2 Å². The molecule has 1 aromatic carbocycles. The van der Waals surface area contributed by atoms with Crippen LogP contribution in [0.4, 0.5) is 0 Å². The van der Waals surface area contributed by atoms with Crippen LogP contribution < -0.4 is 9.47 Å². The van der Waals surface area contributed by atoms with Crippen LogP contribution in [0.2, 0.25) is 0 Å². The van der Waals surface area contributed by atoms with Gasteiger partial charge in [0.1, 0.15) is 24.3 Å². The van der Waals surface area contributed by atoms with Gasteiger partial charge in [-0.3, -0.25) is 4.90 Å². The van der Waals surface area contributed by atoms with Gasteiger partial charge in [-0.15, -0.1) is 11.3 Å². The summed E-state index contributed by atoms with van der Waals surface area (Å²) in [6, 6.07) is 6.20. The molecule has 0 bridgehead atoms. The zero-order valence-electron chi connectivity index (χ0n) is 12.2. The highest BCUT2D eigenvalue weighted by molar-refractivity contribution is 7.09. The first kappa shape index (κ1) is 14.0. The Kier molecular flexibility index (Phi) is 3.97. The quantitative estimate of drug-likeness (QED) is 0.870. The highest BCUT2D eigenvalue weighted by atomic mass is 32.1. The topological polar surface area (TPSA) is 43.8 Å². The smallest absolute Gasteiger partial charge is 0.161 e. The number of morpholine rings is 1. The lowest BCUT2D eigenvalue weighted by Gasteiger charge is -2.32. The summed E-state index contributed by atoms with van der Waals surface area (Å²) in [5, 5.41) is 3.06. The zero-order valence-corrected chi connectivity index (χ0v) is 13.1. The molecule has 0 amide bonds. The maximum Gasteiger partial charge on any atom is 0.161 e. The first-order valence-electron chi connectivity index (χ1n) is 7.50. The molecule has 0 aliphatic carbocycles. The number of aromatic nitrogens is 1. The van der Waals surface area contributed by atoms with Gasteiger partial charge in [0.25, 0.3) is 0 Å². The lowest BCUT2D eigenvalue weighted by Crippen LogP contribution is -2.37. The van der Waals surface area contributed by atoms with Gasteiger partial charge < -0.3 is 14.2 Å². The first-order valence-corrected chi connectivity index (χ1v) is 8.38. The standard InChI is InChI=1S/C16H18N2O3S/c1-2-13-14(21-7-6-20-13)9-12(1)10-18-4-5-19-15(11-18)16-17-3-8-22-16/h1-3,8-9,15H,4-7,10-11H2/t15-/m1/s1. The molecule has 1 saturated heterocycles. The van der Waals surface area contributed by atoms with Crippen LogP contribution in [0.15, 0.2) is 29.8 Å². The summed E-state index contributed by atoms with van der Waals surface area (Å²) >= 11 is 1.66. The van der Waals surface area contributed by atoms with E-state index in [1.807, 2.05) is 17.6 Å². The Balaban J connectivity index is 1.44. The number of thiazole rings is 1. The molecule has 2 aromatic rings. The van der Waals surface area contributed by atoms with Gasteiger partial charge in [0.15, 0.2) is 11.5 Å². The van der Waals surface area contributed by atoms with Crippen molar-refractivity contribution in [2.24, 2.45) is 0 Å². The Morgan fingerprint density at radius 3 is 2.95 bits per heavy atom. The predicted octanol–water partition coefficient (Wildman–Crippen LogP) is 2.49. The third-order valence-electron chi connectivity index (χ3n) is 3.89. The van der Waals surface area contributed by atoms with E-state index in [0.29, 0.717) is 13.2 Å². The fourth-order valence-corrected chi connectivity index (χ4v) is 3.51. The summed E-state index contributed by atoms with van der Waals surface area (Å²) in [4.78, 5) is 6.77. The van der Waals surface area contributed by atoms with E-state index in [-0.39, 0.29) is 6.10 Å². The average molecular weight is 318 g/mol. The Morgan fingerprint density at radius 2 is 2.09 bits per heavy atom. The summed E-state index contributed by atoms with van der Waals surface area (Å²) in [5.74, 6) is 1.70. The molecule has 0 saturated carbocycles. The summed E-state index contributed by atoms with van der Waals surface area (Å²) in [6.45, 7) is 4.71. The normalized spacial score (nSPS) is 21.7. The molecule has 1 aromatic heterocycles. The van der Waals surface area contributed by atoms with Gasteiger partial charge in [-0.25, -0.2) is 4.98 Å². The van der Waals surface area contributed by atoms with Crippen molar-refractivity contribution in [3.63, 3.8) is 0 Å². The minimum atomic E-state index is 0.0889. The second-order valence-electron chi connectivity index (χ2n) is 5.44. The van der Waals surface area contributed by atoms with Crippen molar-refractivity contribution in [2.45, 2.75) is 12.6 Å². The molecule has 3 heterocycles. The van der Waals surface area contributed by atoms with Crippen molar-refractivity contribution in [3.8, 4) is 11.5 Å². The second kappa shape index (κ2) is 6.24. The Bertz CT molecular complexity index is 632. The number of hydrogen-bond acceptors (Lipinski definition) is 6. The number of nitrogens with zero attached hydrogens (tertiary/aromatic N) is 2. The lowest BCUT2D eigenvalue weighted by atomic mass is 10.1. The number of hydrogen-bond donors (Lipinski definition) is 0. The molecule has 0 radical (unpaired) electrons. The van der Waals surface area contributed by atoms with E-state index < -0.39 is 0 Å². The van der Waals surface area contributed by atoms with Crippen LogP contribution in [0.1, 0.15) is 16.7 Å². The molecule has 0 spiro atoms. The highest BCUT2D eigenvalue weighted by Crippen LogP contribution is 2.32. The number of rotatable bonds is 3. The molecule has 22 heavy (non-hydrogen) atoms. The van der Waals surface area contributed by atoms with Gasteiger partial charge in [-0.1, -0.05) is 6.07 Å². The SMILES string of the molecule is c1csc([C@H]2CN(Cc3ccc4c(c3)OCCO4)CCO2)n1. The van der Waals surface area contributed by atoms with E-state index in [1.165, 1.54) is 5.56 Å². The molecule has 2 aliphatic heterocycles. The van der Waals surface area contributed by atoms with Crippen LogP contribution in [-0.4, -0.2) is 42.8 Å². The van der Waals surface area contributed by atoms with Gasteiger partial charge in [-0.2, -0.15) is 0 Å². The lowest BCUT2D eigenvalue weighted by molar-refractivity contribution is -0.0330. The molecule has 5 nitrogen and oxygen atoms in total. The van der Waals surface area contributed by atoms with Crippen LogP contribution >= 0.6 is 11.3 Å². The van der Waals surface area contributed by atoms with Gasteiger partial charge in [-0.05, 0) is 17.7 Å². The summed E-state index contributed by atoms with van der Waals surface area (Å²) < 4.78 is 17.1. The minimum Gasteiger partial charge on any atom is -0.486 e. The molecule has 0 unspecified atom stereocenters. The van der Waals surface area contributed by atoms with Crippen molar-refractivity contribution in [1.29, 1.82) is 0 Å². The van der Waals surface area contributed by atoms with E-state index >= 15 is 0 Å². The summed E-state index contributed by atoms with van der Waals surface area (Å²) in [7, 11) is 0. The molecule has 4 rings (SSSR count).